The van der Waals surface area contributed by atoms with Crippen molar-refractivity contribution in [3.8, 4) is 5.75 Å². The molecule has 0 saturated carbocycles. The Bertz CT molecular complexity index is 360. The molecule has 1 amide bonds. The average Bonchev–Trinajstić information content (AvgIpc) is 2.64. The predicted molar refractivity (Wildman–Crippen MR) is 53.6 cm³/mol. The largest absolute Gasteiger partial charge is 0.493 e. The van der Waals surface area contributed by atoms with E-state index >= 15 is 0 Å². The van der Waals surface area contributed by atoms with Crippen LogP contribution in [0.2, 0.25) is 0 Å². The van der Waals surface area contributed by atoms with E-state index in [0.29, 0.717) is 6.54 Å². The van der Waals surface area contributed by atoms with Crippen LogP contribution >= 0.6 is 0 Å². The summed E-state index contributed by atoms with van der Waals surface area (Å²) in [7, 11) is 0. The third kappa shape index (κ3) is 1.58. The SMILES string of the molecule is CCNC(=O)c1ccc2c(c1)CCO2. The van der Waals surface area contributed by atoms with Gasteiger partial charge in [0.1, 0.15) is 5.75 Å². The highest BCUT2D eigenvalue weighted by molar-refractivity contribution is 5.94. The number of benzene rings is 1. The van der Waals surface area contributed by atoms with Crippen molar-refractivity contribution in [2.24, 2.45) is 0 Å². The zero-order chi connectivity index (χ0) is 9.97. The van der Waals surface area contributed by atoms with Crippen molar-refractivity contribution >= 4 is 5.91 Å². The molecule has 0 aliphatic carbocycles. The maximum atomic E-state index is 11.5. The minimum absolute atomic E-state index is 0.0119. The van der Waals surface area contributed by atoms with Crippen LogP contribution in [0.4, 0.5) is 0 Å². The molecular formula is C11H13NO2. The Morgan fingerprint density at radius 2 is 2.43 bits per heavy atom. The van der Waals surface area contributed by atoms with E-state index in [0.717, 1.165) is 29.9 Å². The second kappa shape index (κ2) is 3.70. The zero-order valence-electron chi connectivity index (χ0n) is 8.17. The van der Waals surface area contributed by atoms with Crippen LogP contribution in [0.25, 0.3) is 0 Å². The number of ether oxygens (including phenoxy) is 1. The molecule has 0 atom stereocenters. The van der Waals surface area contributed by atoms with Gasteiger partial charge in [-0.05, 0) is 30.7 Å². The quantitative estimate of drug-likeness (QED) is 0.766. The Balaban J connectivity index is 2.24. The van der Waals surface area contributed by atoms with Crippen LogP contribution in [0.5, 0.6) is 5.75 Å². The van der Waals surface area contributed by atoms with E-state index in [1.54, 1.807) is 6.07 Å². The Hall–Kier alpha value is -1.51. The Morgan fingerprint density at radius 3 is 3.21 bits per heavy atom. The molecule has 0 saturated heterocycles. The van der Waals surface area contributed by atoms with Gasteiger partial charge in [0.15, 0.2) is 0 Å². The summed E-state index contributed by atoms with van der Waals surface area (Å²) >= 11 is 0. The van der Waals surface area contributed by atoms with E-state index in [2.05, 4.69) is 5.32 Å². The van der Waals surface area contributed by atoms with Gasteiger partial charge < -0.3 is 10.1 Å². The van der Waals surface area contributed by atoms with E-state index in [4.69, 9.17) is 4.74 Å². The summed E-state index contributed by atoms with van der Waals surface area (Å²) in [5.41, 5.74) is 1.85. The third-order valence-electron chi connectivity index (χ3n) is 2.29. The zero-order valence-corrected chi connectivity index (χ0v) is 8.17. The standard InChI is InChI=1S/C11H13NO2/c1-2-12-11(13)9-3-4-10-8(7-9)5-6-14-10/h3-4,7H,2,5-6H2,1H3,(H,12,13). The summed E-state index contributed by atoms with van der Waals surface area (Å²) in [6, 6.07) is 5.58. The van der Waals surface area contributed by atoms with E-state index in [1.165, 1.54) is 0 Å². The number of carbonyl (C=O) groups is 1. The first kappa shape index (κ1) is 9.06. The summed E-state index contributed by atoms with van der Waals surface area (Å²) < 4.78 is 5.36. The smallest absolute Gasteiger partial charge is 0.251 e. The highest BCUT2D eigenvalue weighted by atomic mass is 16.5. The van der Waals surface area contributed by atoms with Crippen LogP contribution in [0, 0.1) is 0 Å². The van der Waals surface area contributed by atoms with Crippen LogP contribution in [-0.4, -0.2) is 19.1 Å². The van der Waals surface area contributed by atoms with Crippen LogP contribution < -0.4 is 10.1 Å². The Kier molecular flexibility index (Phi) is 2.39. The maximum absolute atomic E-state index is 11.5. The molecule has 1 aliphatic rings. The highest BCUT2D eigenvalue weighted by Gasteiger charge is 2.14. The molecule has 0 radical (unpaired) electrons. The number of hydrogen-bond donors (Lipinski definition) is 1. The molecule has 0 aromatic heterocycles. The lowest BCUT2D eigenvalue weighted by Crippen LogP contribution is -2.22. The van der Waals surface area contributed by atoms with Crippen LogP contribution in [0.3, 0.4) is 0 Å². The van der Waals surface area contributed by atoms with Crippen LogP contribution in [0.1, 0.15) is 22.8 Å². The van der Waals surface area contributed by atoms with Gasteiger partial charge in [-0.1, -0.05) is 0 Å². The molecule has 0 bridgehead atoms. The van der Waals surface area contributed by atoms with Crippen LogP contribution in [0.15, 0.2) is 18.2 Å². The number of hydrogen-bond acceptors (Lipinski definition) is 2. The van der Waals surface area contributed by atoms with Gasteiger partial charge >= 0.3 is 0 Å². The van der Waals surface area contributed by atoms with Crippen molar-refractivity contribution in [1.29, 1.82) is 0 Å². The lowest BCUT2D eigenvalue weighted by Gasteiger charge is -2.03. The minimum atomic E-state index is -0.0119. The van der Waals surface area contributed by atoms with Gasteiger partial charge in [0.25, 0.3) is 5.91 Å². The molecule has 1 aromatic rings. The van der Waals surface area contributed by atoms with Crippen molar-refractivity contribution in [1.82, 2.24) is 5.32 Å². The van der Waals surface area contributed by atoms with Crippen molar-refractivity contribution < 1.29 is 9.53 Å². The molecule has 1 heterocycles. The summed E-state index contributed by atoms with van der Waals surface area (Å²) in [4.78, 5) is 11.5. The predicted octanol–water partition coefficient (Wildman–Crippen LogP) is 1.37. The summed E-state index contributed by atoms with van der Waals surface area (Å²) in [5.74, 6) is 0.903. The Labute approximate surface area is 83.1 Å². The minimum Gasteiger partial charge on any atom is -0.493 e. The molecule has 14 heavy (non-hydrogen) atoms. The van der Waals surface area contributed by atoms with E-state index in [-0.39, 0.29) is 5.91 Å². The second-order valence-corrected chi connectivity index (χ2v) is 3.28. The number of carbonyl (C=O) groups excluding carboxylic acids is 1. The lowest BCUT2D eigenvalue weighted by molar-refractivity contribution is 0.0956. The lowest BCUT2D eigenvalue weighted by atomic mass is 10.1. The van der Waals surface area contributed by atoms with Gasteiger partial charge in [-0.3, -0.25) is 4.79 Å². The first-order chi connectivity index (χ1) is 6.81. The topological polar surface area (TPSA) is 38.3 Å². The normalized spacial score (nSPS) is 13.2. The van der Waals surface area contributed by atoms with Gasteiger partial charge in [-0.15, -0.1) is 0 Å². The van der Waals surface area contributed by atoms with Gasteiger partial charge in [0.2, 0.25) is 0 Å². The first-order valence-corrected chi connectivity index (χ1v) is 4.85. The van der Waals surface area contributed by atoms with E-state index < -0.39 is 0 Å². The molecule has 0 spiro atoms. The van der Waals surface area contributed by atoms with Crippen LogP contribution in [-0.2, 0) is 6.42 Å². The molecule has 1 aliphatic heterocycles. The first-order valence-electron chi connectivity index (χ1n) is 4.85. The molecule has 3 nitrogen and oxygen atoms in total. The van der Waals surface area contributed by atoms with Gasteiger partial charge in [-0.25, -0.2) is 0 Å². The third-order valence-corrected chi connectivity index (χ3v) is 2.29. The fraction of sp³-hybridized carbons (Fsp3) is 0.364. The summed E-state index contributed by atoms with van der Waals surface area (Å²) in [5, 5.41) is 2.77. The fourth-order valence-corrected chi connectivity index (χ4v) is 1.59. The number of fused-ring (bicyclic) bond motifs is 1. The molecule has 3 heteroatoms. The molecule has 0 fully saturated rings. The van der Waals surface area contributed by atoms with E-state index in [1.807, 2.05) is 19.1 Å². The van der Waals surface area contributed by atoms with Crippen molar-refractivity contribution in [3.05, 3.63) is 29.3 Å². The number of rotatable bonds is 2. The molecule has 1 N–H and O–H groups in total. The van der Waals surface area contributed by atoms with Gasteiger partial charge in [0.05, 0.1) is 6.61 Å². The fourth-order valence-electron chi connectivity index (χ4n) is 1.59. The average molecular weight is 191 g/mol. The maximum Gasteiger partial charge on any atom is 0.251 e. The van der Waals surface area contributed by atoms with Gasteiger partial charge in [-0.2, -0.15) is 0 Å². The molecule has 74 valence electrons. The number of nitrogens with one attached hydrogen (secondary N) is 1. The molecular weight excluding hydrogens is 178 g/mol. The Morgan fingerprint density at radius 1 is 1.57 bits per heavy atom. The monoisotopic (exact) mass is 191 g/mol. The summed E-state index contributed by atoms with van der Waals surface area (Å²) in [6.07, 6.45) is 0.905. The summed E-state index contributed by atoms with van der Waals surface area (Å²) in [6.45, 7) is 3.30. The molecule has 0 unspecified atom stereocenters. The second-order valence-electron chi connectivity index (χ2n) is 3.28. The number of amides is 1. The van der Waals surface area contributed by atoms with Gasteiger partial charge in [0, 0.05) is 18.5 Å². The molecule has 2 rings (SSSR count). The highest BCUT2D eigenvalue weighted by Crippen LogP contribution is 2.25. The van der Waals surface area contributed by atoms with Crippen molar-refractivity contribution in [3.63, 3.8) is 0 Å². The van der Waals surface area contributed by atoms with Crippen molar-refractivity contribution in [2.75, 3.05) is 13.2 Å². The van der Waals surface area contributed by atoms with E-state index in [9.17, 15) is 4.79 Å². The van der Waals surface area contributed by atoms with Crippen molar-refractivity contribution in [2.45, 2.75) is 13.3 Å². The molecule has 1 aromatic carbocycles.